The lowest BCUT2D eigenvalue weighted by atomic mass is 10.1. The third-order valence-electron chi connectivity index (χ3n) is 2.00. The number of carbonyl (C=O) groups is 1. The summed E-state index contributed by atoms with van der Waals surface area (Å²) < 4.78 is 15.3. The van der Waals surface area contributed by atoms with Crippen molar-refractivity contribution in [3.63, 3.8) is 0 Å². The summed E-state index contributed by atoms with van der Waals surface area (Å²) in [6.07, 6.45) is -0.180. The van der Waals surface area contributed by atoms with Gasteiger partial charge in [-0.05, 0) is 0 Å². The highest BCUT2D eigenvalue weighted by molar-refractivity contribution is 5.72. The summed E-state index contributed by atoms with van der Waals surface area (Å²) in [5.41, 5.74) is 0. The second-order valence-corrected chi connectivity index (χ2v) is 3.50. The van der Waals surface area contributed by atoms with Gasteiger partial charge in [-0.1, -0.05) is 13.8 Å². The number of hydrogen-bond donors (Lipinski definition) is 0. The number of methoxy groups -OCH3 is 1. The molecule has 1 rings (SSSR count). The van der Waals surface area contributed by atoms with E-state index in [9.17, 15) is 4.79 Å². The average molecular weight is 188 g/mol. The minimum atomic E-state index is -0.264. The number of esters is 1. The Balaban J connectivity index is 2.34. The second kappa shape index (κ2) is 4.58. The van der Waals surface area contributed by atoms with E-state index in [-0.39, 0.29) is 18.2 Å². The predicted octanol–water partition coefficient (Wildman–Crippen LogP) is 0.804. The van der Waals surface area contributed by atoms with Crippen molar-refractivity contribution in [2.75, 3.05) is 20.3 Å². The van der Waals surface area contributed by atoms with Crippen LogP contribution in [-0.4, -0.2) is 32.6 Å². The van der Waals surface area contributed by atoms with Crippen LogP contribution in [0.3, 0.4) is 0 Å². The molecule has 0 aliphatic carbocycles. The van der Waals surface area contributed by atoms with Crippen molar-refractivity contribution in [3.05, 3.63) is 0 Å². The average Bonchev–Trinajstić information content (AvgIpc) is 2.17. The predicted molar refractivity (Wildman–Crippen MR) is 46.0 cm³/mol. The molecular formula is C9H16O4. The van der Waals surface area contributed by atoms with Crippen molar-refractivity contribution >= 4 is 5.97 Å². The molecule has 1 heterocycles. The minimum Gasteiger partial charge on any atom is -0.469 e. The van der Waals surface area contributed by atoms with E-state index in [1.54, 1.807) is 0 Å². The van der Waals surface area contributed by atoms with E-state index in [1.807, 2.05) is 13.8 Å². The highest BCUT2D eigenvalue weighted by Crippen LogP contribution is 2.17. The summed E-state index contributed by atoms with van der Waals surface area (Å²) in [6, 6.07) is 0. The maximum atomic E-state index is 11.1. The molecule has 4 heteroatoms. The zero-order valence-electron chi connectivity index (χ0n) is 8.28. The molecule has 0 amide bonds. The molecule has 0 radical (unpaired) electrons. The SMILES string of the molecule is COC(=O)C1COC(C(C)C)OC1. The number of rotatable bonds is 2. The molecule has 1 aliphatic rings. The van der Waals surface area contributed by atoms with E-state index >= 15 is 0 Å². The zero-order valence-corrected chi connectivity index (χ0v) is 8.28. The van der Waals surface area contributed by atoms with E-state index in [0.717, 1.165) is 0 Å². The number of carbonyl (C=O) groups excluding carboxylic acids is 1. The van der Waals surface area contributed by atoms with Crippen LogP contribution < -0.4 is 0 Å². The van der Waals surface area contributed by atoms with Crippen LogP contribution in [0.5, 0.6) is 0 Å². The smallest absolute Gasteiger partial charge is 0.313 e. The monoisotopic (exact) mass is 188 g/mol. The van der Waals surface area contributed by atoms with Crippen molar-refractivity contribution in [2.45, 2.75) is 20.1 Å². The Kier molecular flexibility index (Phi) is 3.69. The molecule has 0 aromatic rings. The van der Waals surface area contributed by atoms with Crippen LogP contribution in [0.2, 0.25) is 0 Å². The Morgan fingerprint density at radius 3 is 2.31 bits per heavy atom. The molecule has 0 spiro atoms. The van der Waals surface area contributed by atoms with Gasteiger partial charge in [0.2, 0.25) is 0 Å². The molecule has 0 aromatic carbocycles. The zero-order chi connectivity index (χ0) is 9.84. The van der Waals surface area contributed by atoms with Crippen LogP contribution in [0.1, 0.15) is 13.8 Å². The molecular weight excluding hydrogens is 172 g/mol. The molecule has 0 N–H and O–H groups in total. The van der Waals surface area contributed by atoms with Gasteiger partial charge >= 0.3 is 5.97 Å². The Morgan fingerprint density at radius 2 is 1.92 bits per heavy atom. The highest BCUT2D eigenvalue weighted by Gasteiger charge is 2.29. The summed E-state index contributed by atoms with van der Waals surface area (Å²) in [7, 11) is 1.37. The van der Waals surface area contributed by atoms with Crippen molar-refractivity contribution < 1.29 is 19.0 Å². The molecule has 13 heavy (non-hydrogen) atoms. The van der Waals surface area contributed by atoms with Gasteiger partial charge in [0.1, 0.15) is 5.92 Å². The Labute approximate surface area is 78.2 Å². The minimum absolute atomic E-state index is 0.180. The van der Waals surface area contributed by atoms with E-state index < -0.39 is 0 Å². The van der Waals surface area contributed by atoms with Gasteiger partial charge < -0.3 is 14.2 Å². The Bertz CT molecular complexity index is 170. The second-order valence-electron chi connectivity index (χ2n) is 3.50. The maximum Gasteiger partial charge on any atom is 0.313 e. The van der Waals surface area contributed by atoms with Gasteiger partial charge in [0.15, 0.2) is 6.29 Å². The van der Waals surface area contributed by atoms with Gasteiger partial charge in [-0.3, -0.25) is 4.79 Å². The lowest BCUT2D eigenvalue weighted by Crippen LogP contribution is -2.39. The lowest BCUT2D eigenvalue weighted by Gasteiger charge is -2.30. The first-order valence-electron chi connectivity index (χ1n) is 4.46. The molecule has 0 aromatic heterocycles. The first-order valence-corrected chi connectivity index (χ1v) is 4.46. The van der Waals surface area contributed by atoms with Crippen molar-refractivity contribution in [3.8, 4) is 0 Å². The van der Waals surface area contributed by atoms with E-state index in [1.165, 1.54) is 7.11 Å². The molecule has 1 fully saturated rings. The molecule has 0 saturated carbocycles. The molecule has 76 valence electrons. The lowest BCUT2D eigenvalue weighted by molar-refractivity contribution is -0.223. The van der Waals surface area contributed by atoms with Crippen molar-refractivity contribution in [1.82, 2.24) is 0 Å². The van der Waals surface area contributed by atoms with Crippen LogP contribution >= 0.6 is 0 Å². The van der Waals surface area contributed by atoms with Crippen LogP contribution in [0, 0.1) is 11.8 Å². The van der Waals surface area contributed by atoms with Gasteiger partial charge in [0.05, 0.1) is 20.3 Å². The van der Waals surface area contributed by atoms with Crippen LogP contribution in [-0.2, 0) is 19.0 Å². The first kappa shape index (κ1) is 10.5. The molecule has 0 atom stereocenters. The summed E-state index contributed by atoms with van der Waals surface area (Å²) in [5.74, 6) is -0.208. The standard InChI is InChI=1S/C9H16O4/c1-6(2)9-12-4-7(5-13-9)8(10)11-3/h6-7,9H,4-5H2,1-3H3. The number of ether oxygens (including phenoxy) is 3. The third kappa shape index (κ3) is 2.67. The Morgan fingerprint density at radius 1 is 1.38 bits per heavy atom. The largest absolute Gasteiger partial charge is 0.469 e. The maximum absolute atomic E-state index is 11.1. The van der Waals surface area contributed by atoms with Gasteiger partial charge in [-0.15, -0.1) is 0 Å². The van der Waals surface area contributed by atoms with Crippen LogP contribution in [0.4, 0.5) is 0 Å². The summed E-state index contributed by atoms with van der Waals surface area (Å²) >= 11 is 0. The third-order valence-corrected chi connectivity index (χ3v) is 2.00. The van der Waals surface area contributed by atoms with E-state index in [4.69, 9.17) is 9.47 Å². The molecule has 1 saturated heterocycles. The van der Waals surface area contributed by atoms with Gasteiger partial charge in [0, 0.05) is 5.92 Å². The number of hydrogen-bond acceptors (Lipinski definition) is 4. The summed E-state index contributed by atoms with van der Waals surface area (Å²) in [5, 5.41) is 0. The topological polar surface area (TPSA) is 44.8 Å². The van der Waals surface area contributed by atoms with Gasteiger partial charge in [0.25, 0.3) is 0 Å². The molecule has 0 bridgehead atoms. The van der Waals surface area contributed by atoms with Gasteiger partial charge in [-0.2, -0.15) is 0 Å². The fourth-order valence-corrected chi connectivity index (χ4v) is 1.21. The van der Waals surface area contributed by atoms with Crippen molar-refractivity contribution in [1.29, 1.82) is 0 Å². The normalized spacial score (nSPS) is 28.9. The first-order chi connectivity index (χ1) is 6.15. The molecule has 0 unspecified atom stereocenters. The quantitative estimate of drug-likeness (QED) is 0.601. The van der Waals surface area contributed by atoms with Crippen LogP contribution in [0.15, 0.2) is 0 Å². The van der Waals surface area contributed by atoms with Crippen LogP contribution in [0.25, 0.3) is 0 Å². The van der Waals surface area contributed by atoms with E-state index in [2.05, 4.69) is 4.74 Å². The van der Waals surface area contributed by atoms with Crippen molar-refractivity contribution in [2.24, 2.45) is 11.8 Å². The highest BCUT2D eigenvalue weighted by atomic mass is 16.7. The Hall–Kier alpha value is -0.610. The molecule has 1 aliphatic heterocycles. The summed E-state index contributed by atoms with van der Waals surface area (Å²) in [6.45, 7) is 4.83. The summed E-state index contributed by atoms with van der Waals surface area (Å²) in [4.78, 5) is 11.1. The fourth-order valence-electron chi connectivity index (χ4n) is 1.21. The van der Waals surface area contributed by atoms with E-state index in [0.29, 0.717) is 19.1 Å². The molecule has 4 nitrogen and oxygen atoms in total. The van der Waals surface area contributed by atoms with Gasteiger partial charge in [-0.25, -0.2) is 0 Å². The fraction of sp³-hybridized carbons (Fsp3) is 0.889.